The molecule has 0 bridgehead atoms. The zero-order valence-electron chi connectivity index (χ0n) is 16.5. The fraction of sp³-hybridized carbons (Fsp3) is 0.364. The number of nitrogens with zero attached hydrogens (tertiary/aromatic N) is 4. The van der Waals surface area contributed by atoms with Crippen molar-refractivity contribution < 1.29 is 0 Å². The Morgan fingerprint density at radius 3 is 2.79 bits per heavy atom. The second-order valence-electron chi connectivity index (χ2n) is 7.49. The lowest BCUT2D eigenvalue weighted by Crippen LogP contribution is -2.34. The van der Waals surface area contributed by atoms with Crippen LogP contribution in [-0.4, -0.2) is 30.1 Å². The third-order valence-electron chi connectivity index (χ3n) is 5.74. The Bertz CT molecular complexity index is 915. The molecule has 2 aliphatic rings. The first kappa shape index (κ1) is 18.8. The third-order valence-corrected chi connectivity index (χ3v) is 6.02. The summed E-state index contributed by atoms with van der Waals surface area (Å²) >= 11 is 6.38. The standard InChI is InChI=1S/C22H26ClN5/c1-4-16-9-11-28(12-10-16)22-24-14-19(23)21(26-22)25-18-7-8-20-17(13-18)6-5-15(2)27(20)3/h5-8,13-14,16H,2,4,9-12H2,1,3H3,(H,24,25,26). The minimum Gasteiger partial charge on any atom is -0.345 e. The van der Waals surface area contributed by atoms with Gasteiger partial charge in [-0.25, -0.2) is 4.98 Å². The van der Waals surface area contributed by atoms with Gasteiger partial charge < -0.3 is 15.1 Å². The summed E-state index contributed by atoms with van der Waals surface area (Å²) in [6, 6.07) is 6.21. The van der Waals surface area contributed by atoms with E-state index in [-0.39, 0.29) is 0 Å². The van der Waals surface area contributed by atoms with Gasteiger partial charge in [0.1, 0.15) is 5.02 Å². The number of piperidine rings is 1. The molecule has 1 aromatic carbocycles. The van der Waals surface area contributed by atoms with E-state index in [2.05, 4.69) is 51.8 Å². The second-order valence-corrected chi connectivity index (χ2v) is 7.89. The molecule has 0 aliphatic carbocycles. The lowest BCUT2D eigenvalue weighted by Gasteiger charge is -2.31. The van der Waals surface area contributed by atoms with Gasteiger partial charge in [0.05, 0.1) is 6.20 Å². The second kappa shape index (κ2) is 7.84. The first-order chi connectivity index (χ1) is 13.5. The van der Waals surface area contributed by atoms with E-state index in [0.717, 1.165) is 47.6 Å². The van der Waals surface area contributed by atoms with Crippen LogP contribution in [0.3, 0.4) is 0 Å². The summed E-state index contributed by atoms with van der Waals surface area (Å²) in [6.45, 7) is 8.31. The van der Waals surface area contributed by atoms with Crippen molar-refractivity contribution in [1.29, 1.82) is 0 Å². The van der Waals surface area contributed by atoms with Gasteiger partial charge in [-0.05, 0) is 43.0 Å². The van der Waals surface area contributed by atoms with Crippen molar-refractivity contribution in [3.05, 3.63) is 53.3 Å². The average Bonchev–Trinajstić information content (AvgIpc) is 2.72. The molecule has 0 spiro atoms. The maximum absolute atomic E-state index is 6.38. The van der Waals surface area contributed by atoms with Gasteiger partial charge in [-0.3, -0.25) is 0 Å². The Labute approximate surface area is 171 Å². The van der Waals surface area contributed by atoms with Crippen molar-refractivity contribution in [3.8, 4) is 0 Å². The first-order valence-electron chi connectivity index (χ1n) is 9.84. The van der Waals surface area contributed by atoms with Crippen LogP contribution in [0.4, 0.5) is 23.1 Å². The number of hydrogen-bond acceptors (Lipinski definition) is 5. The van der Waals surface area contributed by atoms with Gasteiger partial charge in [0, 0.05) is 42.8 Å². The molecule has 0 radical (unpaired) electrons. The maximum Gasteiger partial charge on any atom is 0.227 e. The van der Waals surface area contributed by atoms with Gasteiger partial charge in [-0.2, -0.15) is 4.98 Å². The minimum absolute atomic E-state index is 0.519. The molecule has 146 valence electrons. The number of nitrogens with one attached hydrogen (secondary N) is 1. The van der Waals surface area contributed by atoms with Crippen molar-refractivity contribution in [2.45, 2.75) is 26.2 Å². The number of rotatable bonds is 4. The highest BCUT2D eigenvalue weighted by Crippen LogP contribution is 2.33. The molecular formula is C22H26ClN5. The highest BCUT2D eigenvalue weighted by molar-refractivity contribution is 6.32. The van der Waals surface area contributed by atoms with Gasteiger partial charge in [0.2, 0.25) is 5.95 Å². The molecule has 1 aromatic heterocycles. The Hall–Kier alpha value is -2.53. The summed E-state index contributed by atoms with van der Waals surface area (Å²) in [5.74, 6) is 2.20. The van der Waals surface area contributed by atoms with Gasteiger partial charge in [-0.15, -0.1) is 0 Å². The smallest absolute Gasteiger partial charge is 0.227 e. The summed E-state index contributed by atoms with van der Waals surface area (Å²) < 4.78 is 0. The van der Waals surface area contributed by atoms with Gasteiger partial charge in [0.25, 0.3) is 0 Å². The van der Waals surface area contributed by atoms with Crippen LogP contribution < -0.4 is 15.1 Å². The number of anilines is 4. The van der Waals surface area contributed by atoms with Crippen molar-refractivity contribution in [3.63, 3.8) is 0 Å². The topological polar surface area (TPSA) is 44.3 Å². The van der Waals surface area contributed by atoms with Crippen LogP contribution in [0.2, 0.25) is 5.02 Å². The summed E-state index contributed by atoms with van der Waals surface area (Å²) in [5, 5.41) is 3.88. The van der Waals surface area contributed by atoms with E-state index in [9.17, 15) is 0 Å². The van der Waals surface area contributed by atoms with Crippen LogP contribution in [-0.2, 0) is 0 Å². The molecule has 2 aliphatic heterocycles. The zero-order chi connectivity index (χ0) is 19.7. The lowest BCUT2D eigenvalue weighted by atomic mass is 9.95. The normalized spacial score (nSPS) is 17.0. The molecule has 3 heterocycles. The van der Waals surface area contributed by atoms with Crippen molar-refractivity contribution in [2.75, 3.05) is 35.3 Å². The molecule has 6 heteroatoms. The van der Waals surface area contributed by atoms with E-state index < -0.39 is 0 Å². The third kappa shape index (κ3) is 3.72. The fourth-order valence-electron chi connectivity index (χ4n) is 3.80. The number of likely N-dealkylation sites (N-methyl/N-ethyl adjacent to an activating group) is 1. The Balaban J connectivity index is 1.54. The molecule has 0 amide bonds. The molecule has 4 rings (SSSR count). The van der Waals surface area contributed by atoms with Crippen molar-refractivity contribution in [2.24, 2.45) is 5.92 Å². The van der Waals surface area contributed by atoms with E-state index >= 15 is 0 Å². The van der Waals surface area contributed by atoms with E-state index in [1.165, 1.54) is 19.3 Å². The van der Waals surface area contributed by atoms with Crippen LogP contribution in [0.15, 0.2) is 42.7 Å². The van der Waals surface area contributed by atoms with Crippen LogP contribution in [0, 0.1) is 5.92 Å². The van der Waals surface area contributed by atoms with E-state index in [0.29, 0.717) is 10.8 Å². The van der Waals surface area contributed by atoms with Crippen molar-refractivity contribution >= 4 is 40.8 Å². The summed E-state index contributed by atoms with van der Waals surface area (Å²) in [5.41, 5.74) is 4.18. The molecule has 0 saturated carbocycles. The highest BCUT2D eigenvalue weighted by Gasteiger charge is 2.21. The fourth-order valence-corrected chi connectivity index (χ4v) is 3.94. The monoisotopic (exact) mass is 395 g/mol. The van der Waals surface area contributed by atoms with Crippen molar-refractivity contribution in [1.82, 2.24) is 9.97 Å². The number of halogens is 1. The quantitative estimate of drug-likeness (QED) is 0.742. The molecule has 1 fully saturated rings. The minimum atomic E-state index is 0.519. The lowest BCUT2D eigenvalue weighted by molar-refractivity contribution is 0.392. The molecule has 1 saturated heterocycles. The van der Waals surface area contributed by atoms with E-state index in [4.69, 9.17) is 16.6 Å². The average molecular weight is 396 g/mol. The predicted octanol–water partition coefficient (Wildman–Crippen LogP) is 5.48. The number of aromatic nitrogens is 2. The molecule has 0 unspecified atom stereocenters. The van der Waals surface area contributed by atoms with Crippen LogP contribution in [0.5, 0.6) is 0 Å². The Kier molecular flexibility index (Phi) is 5.27. The number of allylic oxidation sites excluding steroid dienone is 1. The largest absolute Gasteiger partial charge is 0.345 e. The maximum atomic E-state index is 6.38. The first-order valence-corrected chi connectivity index (χ1v) is 10.2. The SMILES string of the molecule is C=C1C=Cc2cc(Nc3nc(N4CCC(CC)CC4)ncc3Cl)ccc2N1C. The zero-order valence-corrected chi connectivity index (χ0v) is 17.2. The molecule has 2 aromatic rings. The Morgan fingerprint density at radius 2 is 2.04 bits per heavy atom. The van der Waals surface area contributed by atoms with Crippen LogP contribution in [0.1, 0.15) is 31.7 Å². The molecule has 0 atom stereocenters. The molecular weight excluding hydrogens is 370 g/mol. The summed E-state index contributed by atoms with van der Waals surface area (Å²) in [4.78, 5) is 13.5. The van der Waals surface area contributed by atoms with Crippen LogP contribution >= 0.6 is 11.6 Å². The van der Waals surface area contributed by atoms with E-state index in [1.807, 2.05) is 19.2 Å². The molecule has 1 N–H and O–H groups in total. The molecule has 5 nitrogen and oxygen atoms in total. The Morgan fingerprint density at radius 1 is 1.25 bits per heavy atom. The van der Waals surface area contributed by atoms with Gasteiger partial charge >= 0.3 is 0 Å². The van der Waals surface area contributed by atoms with Crippen LogP contribution in [0.25, 0.3) is 6.08 Å². The molecule has 28 heavy (non-hydrogen) atoms. The number of hydrogen-bond donors (Lipinski definition) is 1. The van der Waals surface area contributed by atoms with Gasteiger partial charge in [-0.1, -0.05) is 37.6 Å². The van der Waals surface area contributed by atoms with E-state index in [1.54, 1.807) is 6.20 Å². The number of fused-ring (bicyclic) bond motifs is 1. The summed E-state index contributed by atoms with van der Waals surface area (Å²) in [7, 11) is 2.02. The summed E-state index contributed by atoms with van der Waals surface area (Å²) in [6.07, 6.45) is 9.42. The predicted molar refractivity (Wildman–Crippen MR) is 119 cm³/mol. The highest BCUT2D eigenvalue weighted by atomic mass is 35.5. The number of benzene rings is 1. The van der Waals surface area contributed by atoms with Gasteiger partial charge in [0.15, 0.2) is 5.82 Å².